The third-order valence-electron chi connectivity index (χ3n) is 2.80. The van der Waals surface area contributed by atoms with E-state index < -0.39 is 9.84 Å². The molecule has 1 rings (SSSR count). The maximum atomic E-state index is 11.6. The molecule has 0 N–H and O–H groups in total. The Balaban J connectivity index is 3.00. The van der Waals surface area contributed by atoms with Crippen LogP contribution >= 0.6 is 0 Å². The van der Waals surface area contributed by atoms with Crippen molar-refractivity contribution < 1.29 is 8.42 Å². The standard InChI is InChI=1S/C12H18O2S/c1-4-10(3)11-6-8-12(9-7-11)15(13,14)5-2/h6-10H,4-5H2,1-3H3. The van der Waals surface area contributed by atoms with Crippen LogP contribution in [-0.4, -0.2) is 14.2 Å². The van der Waals surface area contributed by atoms with E-state index in [9.17, 15) is 8.42 Å². The fourth-order valence-electron chi connectivity index (χ4n) is 1.41. The average molecular weight is 226 g/mol. The number of hydrogen-bond donors (Lipinski definition) is 0. The maximum absolute atomic E-state index is 11.6. The van der Waals surface area contributed by atoms with Crippen LogP contribution in [-0.2, 0) is 9.84 Å². The van der Waals surface area contributed by atoms with Crippen LogP contribution in [0.4, 0.5) is 0 Å². The molecule has 1 atom stereocenters. The molecule has 1 aromatic carbocycles. The molecule has 0 heterocycles. The van der Waals surface area contributed by atoms with Gasteiger partial charge in [-0.3, -0.25) is 0 Å². The summed E-state index contributed by atoms with van der Waals surface area (Å²) in [4.78, 5) is 0.428. The highest BCUT2D eigenvalue weighted by Crippen LogP contribution is 2.20. The van der Waals surface area contributed by atoms with Crippen molar-refractivity contribution in [3.05, 3.63) is 29.8 Å². The Bertz CT molecular complexity index is 404. The predicted octanol–water partition coefficient (Wildman–Crippen LogP) is 2.99. The van der Waals surface area contributed by atoms with Gasteiger partial charge in [-0.1, -0.05) is 32.9 Å². The van der Waals surface area contributed by atoms with E-state index in [-0.39, 0.29) is 5.75 Å². The van der Waals surface area contributed by atoms with Gasteiger partial charge < -0.3 is 0 Å². The predicted molar refractivity (Wildman–Crippen MR) is 62.9 cm³/mol. The van der Waals surface area contributed by atoms with Gasteiger partial charge in [0, 0.05) is 0 Å². The van der Waals surface area contributed by atoms with E-state index in [1.807, 2.05) is 12.1 Å². The largest absolute Gasteiger partial charge is 0.224 e. The summed E-state index contributed by atoms with van der Waals surface area (Å²) in [6, 6.07) is 7.24. The molecule has 0 aromatic heterocycles. The monoisotopic (exact) mass is 226 g/mol. The van der Waals surface area contributed by atoms with Crippen LogP contribution in [0.5, 0.6) is 0 Å². The van der Waals surface area contributed by atoms with Gasteiger partial charge in [0.15, 0.2) is 9.84 Å². The number of rotatable bonds is 4. The first-order valence-electron chi connectivity index (χ1n) is 5.34. The van der Waals surface area contributed by atoms with E-state index in [1.165, 1.54) is 5.56 Å². The molecule has 0 aliphatic rings. The van der Waals surface area contributed by atoms with Gasteiger partial charge in [0.25, 0.3) is 0 Å². The topological polar surface area (TPSA) is 34.1 Å². The third kappa shape index (κ3) is 2.81. The maximum Gasteiger partial charge on any atom is 0.178 e. The van der Waals surface area contributed by atoms with E-state index in [0.29, 0.717) is 10.8 Å². The Morgan fingerprint density at radius 1 is 1.13 bits per heavy atom. The fraction of sp³-hybridized carbons (Fsp3) is 0.500. The van der Waals surface area contributed by atoms with E-state index >= 15 is 0 Å². The van der Waals surface area contributed by atoms with Gasteiger partial charge >= 0.3 is 0 Å². The Morgan fingerprint density at radius 2 is 1.67 bits per heavy atom. The van der Waals surface area contributed by atoms with Crippen molar-refractivity contribution in [3.8, 4) is 0 Å². The van der Waals surface area contributed by atoms with Crippen LogP contribution in [0.2, 0.25) is 0 Å². The Kier molecular flexibility index (Phi) is 3.91. The van der Waals surface area contributed by atoms with Crippen LogP contribution in [0.25, 0.3) is 0 Å². The van der Waals surface area contributed by atoms with Crippen molar-refractivity contribution in [2.75, 3.05) is 5.75 Å². The molecular formula is C12H18O2S. The molecule has 0 spiro atoms. The highest BCUT2D eigenvalue weighted by Gasteiger charge is 2.11. The zero-order valence-electron chi connectivity index (χ0n) is 9.53. The molecule has 0 saturated carbocycles. The summed E-state index contributed by atoms with van der Waals surface area (Å²) in [5, 5.41) is 0. The summed E-state index contributed by atoms with van der Waals surface area (Å²) in [6.07, 6.45) is 1.07. The van der Waals surface area contributed by atoms with E-state index in [0.717, 1.165) is 6.42 Å². The summed E-state index contributed by atoms with van der Waals surface area (Å²) in [6.45, 7) is 5.93. The van der Waals surface area contributed by atoms with Gasteiger partial charge in [0.05, 0.1) is 10.6 Å². The quantitative estimate of drug-likeness (QED) is 0.791. The second-order valence-corrected chi connectivity index (χ2v) is 6.06. The first-order chi connectivity index (χ1) is 7.01. The lowest BCUT2D eigenvalue weighted by Crippen LogP contribution is -2.03. The van der Waals surface area contributed by atoms with Crippen molar-refractivity contribution in [3.63, 3.8) is 0 Å². The molecule has 0 bridgehead atoms. The molecule has 1 unspecified atom stereocenters. The zero-order valence-corrected chi connectivity index (χ0v) is 10.3. The first kappa shape index (κ1) is 12.2. The first-order valence-corrected chi connectivity index (χ1v) is 6.99. The summed E-state index contributed by atoms with van der Waals surface area (Å²) in [5.74, 6) is 0.652. The van der Waals surface area contributed by atoms with E-state index in [4.69, 9.17) is 0 Å². The van der Waals surface area contributed by atoms with Crippen molar-refractivity contribution in [1.82, 2.24) is 0 Å². The van der Waals surface area contributed by atoms with Crippen molar-refractivity contribution >= 4 is 9.84 Å². The Morgan fingerprint density at radius 3 is 2.07 bits per heavy atom. The minimum Gasteiger partial charge on any atom is -0.224 e. The van der Waals surface area contributed by atoms with Gasteiger partial charge in [0.2, 0.25) is 0 Å². The summed E-state index contributed by atoms with van der Waals surface area (Å²) >= 11 is 0. The highest BCUT2D eigenvalue weighted by molar-refractivity contribution is 7.91. The average Bonchev–Trinajstić information content (AvgIpc) is 2.28. The van der Waals surface area contributed by atoms with Gasteiger partial charge in [-0.05, 0) is 30.0 Å². The van der Waals surface area contributed by atoms with Crippen molar-refractivity contribution in [2.45, 2.75) is 38.0 Å². The van der Waals surface area contributed by atoms with Crippen LogP contribution in [0.1, 0.15) is 38.7 Å². The second-order valence-electron chi connectivity index (χ2n) is 3.78. The lowest BCUT2D eigenvalue weighted by Gasteiger charge is -2.09. The van der Waals surface area contributed by atoms with Crippen LogP contribution in [0.15, 0.2) is 29.2 Å². The Hall–Kier alpha value is -0.830. The van der Waals surface area contributed by atoms with Gasteiger partial charge in [-0.25, -0.2) is 8.42 Å². The molecule has 0 fully saturated rings. The van der Waals surface area contributed by atoms with Gasteiger partial charge in [-0.2, -0.15) is 0 Å². The molecule has 3 heteroatoms. The lowest BCUT2D eigenvalue weighted by atomic mass is 9.99. The third-order valence-corrected chi connectivity index (χ3v) is 4.55. The van der Waals surface area contributed by atoms with Gasteiger partial charge in [-0.15, -0.1) is 0 Å². The molecule has 84 valence electrons. The summed E-state index contributed by atoms with van der Waals surface area (Å²) in [5.41, 5.74) is 1.20. The molecular weight excluding hydrogens is 208 g/mol. The van der Waals surface area contributed by atoms with Crippen molar-refractivity contribution in [2.24, 2.45) is 0 Å². The molecule has 1 aromatic rings. The molecule has 0 saturated heterocycles. The molecule has 0 radical (unpaired) electrons. The highest BCUT2D eigenvalue weighted by atomic mass is 32.2. The second kappa shape index (κ2) is 4.79. The van der Waals surface area contributed by atoms with E-state index in [1.54, 1.807) is 19.1 Å². The number of benzene rings is 1. The zero-order chi connectivity index (χ0) is 11.5. The minimum absolute atomic E-state index is 0.162. The normalized spacial score (nSPS) is 13.8. The SMILES string of the molecule is CCC(C)c1ccc(S(=O)(=O)CC)cc1. The smallest absolute Gasteiger partial charge is 0.178 e. The van der Waals surface area contributed by atoms with Gasteiger partial charge in [0.1, 0.15) is 0 Å². The summed E-state index contributed by atoms with van der Waals surface area (Å²) in [7, 11) is -3.05. The number of sulfone groups is 1. The molecule has 2 nitrogen and oxygen atoms in total. The minimum atomic E-state index is -3.05. The van der Waals surface area contributed by atoms with Crippen LogP contribution in [0, 0.1) is 0 Å². The molecule has 0 amide bonds. The van der Waals surface area contributed by atoms with E-state index in [2.05, 4.69) is 13.8 Å². The molecule has 0 aliphatic carbocycles. The Labute approximate surface area is 92.2 Å². The summed E-state index contributed by atoms with van der Waals surface area (Å²) < 4.78 is 23.1. The lowest BCUT2D eigenvalue weighted by molar-refractivity contribution is 0.597. The fourth-order valence-corrected chi connectivity index (χ4v) is 2.29. The number of hydrogen-bond acceptors (Lipinski definition) is 2. The molecule has 15 heavy (non-hydrogen) atoms. The molecule has 0 aliphatic heterocycles. The van der Waals surface area contributed by atoms with Crippen LogP contribution in [0.3, 0.4) is 0 Å². The van der Waals surface area contributed by atoms with Crippen LogP contribution < -0.4 is 0 Å². The van der Waals surface area contributed by atoms with Crippen molar-refractivity contribution in [1.29, 1.82) is 0 Å².